The average molecular weight is 453 g/mol. The lowest BCUT2D eigenvalue weighted by atomic mass is 9.96. The summed E-state index contributed by atoms with van der Waals surface area (Å²) in [7, 11) is 0. The summed E-state index contributed by atoms with van der Waals surface area (Å²) in [4.78, 5) is 36.9. The number of ketones is 1. The number of aliphatic hydroxyl groups excluding tert-OH is 1. The highest BCUT2D eigenvalue weighted by Gasteiger charge is 2.46. The van der Waals surface area contributed by atoms with Crippen molar-refractivity contribution in [3.8, 4) is 0 Å². The molecule has 4 heterocycles. The molecule has 8 heteroatoms. The molecule has 6 rings (SSSR count). The highest BCUT2D eigenvalue weighted by Crippen LogP contribution is 2.44. The van der Waals surface area contributed by atoms with E-state index >= 15 is 0 Å². The summed E-state index contributed by atoms with van der Waals surface area (Å²) in [6.07, 6.45) is 3.16. The standard InChI is InChI=1S/C25H15N3O4S/c29-22(18-13-15-5-1-3-7-17(15)32-18)20-21(14-9-11-26-12-10-14)28(24(31)23(20)30)25-27-16-6-2-4-8-19(16)33-25/h1-13,21,30H. The molecule has 0 saturated carbocycles. The van der Waals surface area contributed by atoms with E-state index in [9.17, 15) is 14.7 Å². The van der Waals surface area contributed by atoms with Crippen LogP contribution >= 0.6 is 11.3 Å². The molecule has 1 N–H and O–H groups in total. The minimum absolute atomic E-state index is 0.0514. The van der Waals surface area contributed by atoms with Crippen LogP contribution < -0.4 is 4.90 Å². The number of amides is 1. The molecule has 1 aliphatic rings. The molecule has 0 aliphatic carbocycles. The Morgan fingerprint density at radius 1 is 1.03 bits per heavy atom. The number of aliphatic hydroxyl groups is 1. The van der Waals surface area contributed by atoms with E-state index in [-0.39, 0.29) is 11.3 Å². The number of carbonyl (C=O) groups excluding carboxylic acids is 2. The van der Waals surface area contributed by atoms with Gasteiger partial charge in [0.05, 0.1) is 21.8 Å². The fourth-order valence-corrected chi connectivity index (χ4v) is 5.08. The number of hydrogen-bond donors (Lipinski definition) is 1. The maximum absolute atomic E-state index is 13.6. The molecule has 1 atom stereocenters. The van der Waals surface area contributed by atoms with Crippen LogP contribution in [0.25, 0.3) is 21.2 Å². The van der Waals surface area contributed by atoms with Crippen LogP contribution in [0.1, 0.15) is 22.2 Å². The minimum Gasteiger partial charge on any atom is -0.503 e. The van der Waals surface area contributed by atoms with Gasteiger partial charge in [-0.25, -0.2) is 4.98 Å². The lowest BCUT2D eigenvalue weighted by Crippen LogP contribution is -2.30. The van der Waals surface area contributed by atoms with Crippen LogP contribution in [0.3, 0.4) is 0 Å². The van der Waals surface area contributed by atoms with Gasteiger partial charge in [-0.1, -0.05) is 41.7 Å². The van der Waals surface area contributed by atoms with Crippen LogP contribution in [0, 0.1) is 0 Å². The quantitative estimate of drug-likeness (QED) is 0.375. The molecule has 1 aliphatic heterocycles. The predicted octanol–water partition coefficient (Wildman–Crippen LogP) is 5.22. The SMILES string of the molecule is O=C(C1=C(O)C(=O)N(c2nc3ccccc3s2)C1c1ccncc1)c1cc2ccccc2o1. The van der Waals surface area contributed by atoms with E-state index in [0.717, 1.165) is 15.6 Å². The van der Waals surface area contributed by atoms with Crippen molar-refractivity contribution in [1.82, 2.24) is 9.97 Å². The molecule has 2 aromatic carbocycles. The second kappa shape index (κ2) is 7.39. The zero-order valence-electron chi connectivity index (χ0n) is 17.0. The summed E-state index contributed by atoms with van der Waals surface area (Å²) in [6, 6.07) is 18.9. The van der Waals surface area contributed by atoms with Crippen molar-refractivity contribution < 1.29 is 19.1 Å². The monoisotopic (exact) mass is 453 g/mol. The van der Waals surface area contributed by atoms with Crippen molar-refractivity contribution in [3.63, 3.8) is 0 Å². The lowest BCUT2D eigenvalue weighted by molar-refractivity contribution is -0.117. The Morgan fingerprint density at radius 3 is 2.58 bits per heavy atom. The Labute approximate surface area is 191 Å². The summed E-state index contributed by atoms with van der Waals surface area (Å²) < 4.78 is 6.64. The molecule has 1 unspecified atom stereocenters. The van der Waals surface area contributed by atoms with E-state index in [2.05, 4.69) is 9.97 Å². The van der Waals surface area contributed by atoms with Crippen molar-refractivity contribution >= 4 is 49.3 Å². The number of rotatable bonds is 4. The number of aromatic nitrogens is 2. The molecule has 0 saturated heterocycles. The van der Waals surface area contributed by atoms with Crippen LogP contribution in [0.4, 0.5) is 5.13 Å². The van der Waals surface area contributed by atoms with Crippen molar-refractivity contribution in [2.24, 2.45) is 0 Å². The van der Waals surface area contributed by atoms with Gasteiger partial charge in [-0.3, -0.25) is 19.5 Å². The van der Waals surface area contributed by atoms with Crippen LogP contribution in [0.5, 0.6) is 0 Å². The van der Waals surface area contributed by atoms with E-state index < -0.39 is 23.5 Å². The number of Topliss-reactive ketones (excluding diaryl/α,β-unsaturated/α-hetero) is 1. The predicted molar refractivity (Wildman–Crippen MR) is 124 cm³/mol. The third-order valence-corrected chi connectivity index (χ3v) is 6.65. The fraction of sp³-hybridized carbons (Fsp3) is 0.0400. The molecule has 0 radical (unpaired) electrons. The number of thiazole rings is 1. The second-order valence-corrected chi connectivity index (χ2v) is 8.57. The molecule has 0 fully saturated rings. The zero-order valence-corrected chi connectivity index (χ0v) is 17.8. The summed E-state index contributed by atoms with van der Waals surface area (Å²) in [5, 5.41) is 12.0. The van der Waals surface area contributed by atoms with Crippen molar-refractivity contribution in [1.29, 1.82) is 0 Å². The Balaban J connectivity index is 1.51. The van der Waals surface area contributed by atoms with Crippen LogP contribution in [0.15, 0.2) is 94.9 Å². The van der Waals surface area contributed by atoms with Gasteiger partial charge in [0.1, 0.15) is 5.58 Å². The first-order valence-corrected chi connectivity index (χ1v) is 11.0. The molecule has 0 bridgehead atoms. The van der Waals surface area contributed by atoms with Gasteiger partial charge in [0.15, 0.2) is 16.7 Å². The molecule has 5 aromatic rings. The molecule has 3 aromatic heterocycles. The van der Waals surface area contributed by atoms with Gasteiger partial charge >= 0.3 is 0 Å². The number of hydrogen-bond acceptors (Lipinski definition) is 7. The maximum Gasteiger partial charge on any atom is 0.296 e. The molecule has 0 spiro atoms. The number of carbonyl (C=O) groups is 2. The first-order chi connectivity index (χ1) is 16.1. The first kappa shape index (κ1) is 19.4. The van der Waals surface area contributed by atoms with Crippen LogP contribution in [0.2, 0.25) is 0 Å². The normalized spacial score (nSPS) is 16.3. The van der Waals surface area contributed by atoms with E-state index in [4.69, 9.17) is 4.42 Å². The van der Waals surface area contributed by atoms with Crippen molar-refractivity contribution in [2.75, 3.05) is 4.90 Å². The number of para-hydroxylation sites is 2. The van der Waals surface area contributed by atoms with E-state index in [0.29, 0.717) is 16.3 Å². The summed E-state index contributed by atoms with van der Waals surface area (Å²) in [6.45, 7) is 0. The summed E-state index contributed by atoms with van der Waals surface area (Å²) in [5.74, 6) is -1.80. The number of nitrogens with zero attached hydrogens (tertiary/aromatic N) is 3. The van der Waals surface area contributed by atoms with Crippen molar-refractivity contribution in [2.45, 2.75) is 6.04 Å². The number of benzene rings is 2. The van der Waals surface area contributed by atoms with Gasteiger partial charge in [0.25, 0.3) is 5.91 Å². The maximum atomic E-state index is 13.6. The van der Waals surface area contributed by atoms with Crippen LogP contribution in [-0.2, 0) is 4.79 Å². The lowest BCUT2D eigenvalue weighted by Gasteiger charge is -2.24. The smallest absolute Gasteiger partial charge is 0.296 e. The third-order valence-electron chi connectivity index (χ3n) is 5.61. The van der Waals surface area contributed by atoms with E-state index in [1.165, 1.54) is 16.2 Å². The number of pyridine rings is 1. The highest BCUT2D eigenvalue weighted by atomic mass is 32.1. The molecule has 160 valence electrons. The molecular formula is C25H15N3O4S. The Kier molecular flexibility index (Phi) is 4.34. The molecule has 7 nitrogen and oxygen atoms in total. The number of anilines is 1. The van der Waals surface area contributed by atoms with Crippen LogP contribution in [-0.4, -0.2) is 26.8 Å². The van der Waals surface area contributed by atoms with Crippen molar-refractivity contribution in [3.05, 3.63) is 102 Å². The Hall–Kier alpha value is -4.30. The first-order valence-electron chi connectivity index (χ1n) is 10.2. The van der Waals surface area contributed by atoms with E-state index in [1.807, 2.05) is 42.5 Å². The Morgan fingerprint density at radius 2 is 1.79 bits per heavy atom. The van der Waals surface area contributed by atoms with Gasteiger partial charge in [-0.15, -0.1) is 0 Å². The summed E-state index contributed by atoms with van der Waals surface area (Å²) in [5.41, 5.74) is 1.86. The minimum atomic E-state index is -0.873. The molecular weight excluding hydrogens is 438 g/mol. The molecule has 1 amide bonds. The van der Waals surface area contributed by atoms with Gasteiger partial charge in [0, 0.05) is 17.8 Å². The largest absolute Gasteiger partial charge is 0.503 e. The highest BCUT2D eigenvalue weighted by molar-refractivity contribution is 7.22. The number of furan rings is 1. The summed E-state index contributed by atoms with van der Waals surface area (Å²) >= 11 is 1.32. The Bertz CT molecular complexity index is 1520. The van der Waals surface area contributed by atoms with Gasteiger partial charge in [-0.05, 0) is 42.0 Å². The van der Waals surface area contributed by atoms with E-state index in [1.54, 1.807) is 36.7 Å². The zero-order chi connectivity index (χ0) is 22.5. The third kappa shape index (κ3) is 3.03. The molecule has 33 heavy (non-hydrogen) atoms. The fourth-order valence-electron chi connectivity index (χ4n) is 4.09. The van der Waals surface area contributed by atoms with Gasteiger partial charge in [-0.2, -0.15) is 0 Å². The average Bonchev–Trinajstić information content (AvgIpc) is 3.53. The van der Waals surface area contributed by atoms with Gasteiger partial charge < -0.3 is 9.52 Å². The number of fused-ring (bicyclic) bond motifs is 2. The van der Waals surface area contributed by atoms with Gasteiger partial charge in [0.2, 0.25) is 5.78 Å². The topological polar surface area (TPSA) is 96.5 Å². The second-order valence-electron chi connectivity index (χ2n) is 7.56.